The molecule has 0 bridgehead atoms. The van der Waals surface area contributed by atoms with Crippen molar-refractivity contribution in [3.63, 3.8) is 0 Å². The van der Waals surface area contributed by atoms with Crippen molar-refractivity contribution in [1.82, 2.24) is 0 Å². The third-order valence-corrected chi connectivity index (χ3v) is 5.68. The normalized spacial score (nSPS) is 10.8. The van der Waals surface area contributed by atoms with Gasteiger partial charge in [-0.25, -0.2) is 14.0 Å². The molecule has 0 saturated carbocycles. The van der Waals surface area contributed by atoms with Crippen molar-refractivity contribution in [1.29, 1.82) is 0 Å². The number of carbonyl (C=O) groups is 2. The SMILES string of the molecule is O=C(Nc1ccc(-c2ccccc2)cc1C(=O)O)OCc1cc2cc(-c3ccc(F)cc3)ccc2o1. The second-order valence-electron chi connectivity index (χ2n) is 8.10. The van der Waals surface area contributed by atoms with Crippen molar-refractivity contribution in [3.05, 3.63) is 114 Å². The Hall–Kier alpha value is -4.91. The van der Waals surface area contributed by atoms with E-state index in [9.17, 15) is 19.1 Å². The lowest BCUT2D eigenvalue weighted by molar-refractivity contribution is 0.0698. The molecule has 0 radical (unpaired) electrons. The van der Waals surface area contributed by atoms with E-state index >= 15 is 0 Å². The Bertz CT molecular complexity index is 1560. The van der Waals surface area contributed by atoms with Crippen LogP contribution in [0.3, 0.4) is 0 Å². The first-order valence-corrected chi connectivity index (χ1v) is 11.1. The fraction of sp³-hybridized carbons (Fsp3) is 0.0345. The van der Waals surface area contributed by atoms with Crippen LogP contribution in [0, 0.1) is 5.82 Å². The molecule has 178 valence electrons. The highest BCUT2D eigenvalue weighted by Crippen LogP contribution is 2.28. The molecule has 0 saturated heterocycles. The van der Waals surface area contributed by atoms with E-state index in [2.05, 4.69) is 5.32 Å². The van der Waals surface area contributed by atoms with Crippen LogP contribution in [-0.4, -0.2) is 17.2 Å². The Morgan fingerprint density at radius 2 is 1.47 bits per heavy atom. The summed E-state index contributed by atoms with van der Waals surface area (Å²) in [4.78, 5) is 24.2. The quantitative estimate of drug-likeness (QED) is 0.265. The highest BCUT2D eigenvalue weighted by atomic mass is 19.1. The number of benzene rings is 4. The van der Waals surface area contributed by atoms with Gasteiger partial charge in [0.2, 0.25) is 0 Å². The smallest absolute Gasteiger partial charge is 0.412 e. The van der Waals surface area contributed by atoms with Crippen molar-refractivity contribution in [2.75, 3.05) is 5.32 Å². The molecule has 0 fully saturated rings. The van der Waals surface area contributed by atoms with E-state index in [0.29, 0.717) is 16.9 Å². The van der Waals surface area contributed by atoms with Crippen LogP contribution in [-0.2, 0) is 11.3 Å². The van der Waals surface area contributed by atoms with Gasteiger partial charge in [-0.3, -0.25) is 5.32 Å². The minimum atomic E-state index is -1.17. The van der Waals surface area contributed by atoms with Gasteiger partial charge in [0.05, 0.1) is 11.3 Å². The van der Waals surface area contributed by atoms with Crippen molar-refractivity contribution in [2.45, 2.75) is 6.61 Å². The summed E-state index contributed by atoms with van der Waals surface area (Å²) in [5.41, 5.74) is 4.03. The number of carbonyl (C=O) groups excluding carboxylic acids is 1. The standard InChI is InChI=1S/C29H20FNO5/c30-23-10-6-19(7-11-23)20-9-13-27-22(14-20)15-24(36-27)17-35-29(34)31-26-12-8-21(16-25(26)28(32)33)18-4-2-1-3-5-18/h1-16H,17H2,(H,31,34)(H,32,33). The number of hydrogen-bond acceptors (Lipinski definition) is 4. The highest BCUT2D eigenvalue weighted by molar-refractivity contribution is 6.00. The molecule has 7 heteroatoms. The number of rotatable bonds is 6. The number of halogens is 1. The first-order valence-electron chi connectivity index (χ1n) is 11.1. The zero-order valence-electron chi connectivity index (χ0n) is 18.9. The summed E-state index contributed by atoms with van der Waals surface area (Å²) in [6.07, 6.45) is -0.808. The van der Waals surface area contributed by atoms with Gasteiger partial charge >= 0.3 is 12.1 Å². The lowest BCUT2D eigenvalue weighted by Crippen LogP contribution is -2.16. The van der Waals surface area contributed by atoms with Crippen LogP contribution in [0.15, 0.2) is 101 Å². The summed E-state index contributed by atoms with van der Waals surface area (Å²) in [5.74, 6) is -1.05. The Morgan fingerprint density at radius 1 is 0.806 bits per heavy atom. The van der Waals surface area contributed by atoms with E-state index in [-0.39, 0.29) is 23.7 Å². The van der Waals surface area contributed by atoms with Gasteiger partial charge in [0.1, 0.15) is 17.2 Å². The molecule has 1 heterocycles. The van der Waals surface area contributed by atoms with Gasteiger partial charge in [0.25, 0.3) is 0 Å². The molecule has 0 spiro atoms. The summed E-state index contributed by atoms with van der Waals surface area (Å²) >= 11 is 0. The van der Waals surface area contributed by atoms with Crippen LogP contribution in [0.2, 0.25) is 0 Å². The van der Waals surface area contributed by atoms with Crippen molar-refractivity contribution >= 4 is 28.7 Å². The topological polar surface area (TPSA) is 88.8 Å². The van der Waals surface area contributed by atoms with Gasteiger partial charge in [-0.1, -0.05) is 54.6 Å². The van der Waals surface area contributed by atoms with Crippen LogP contribution in [0.4, 0.5) is 14.9 Å². The molecule has 5 rings (SSSR count). The van der Waals surface area contributed by atoms with Gasteiger partial charge in [-0.2, -0.15) is 0 Å². The van der Waals surface area contributed by atoms with Gasteiger partial charge in [-0.15, -0.1) is 0 Å². The minimum Gasteiger partial charge on any atom is -0.478 e. The Kier molecular flexibility index (Phi) is 6.19. The molecule has 6 nitrogen and oxygen atoms in total. The minimum absolute atomic E-state index is 0.0506. The fourth-order valence-electron chi connectivity index (χ4n) is 3.91. The predicted octanol–water partition coefficient (Wildman–Crippen LogP) is 7.35. The van der Waals surface area contributed by atoms with E-state index in [0.717, 1.165) is 22.1 Å². The van der Waals surface area contributed by atoms with E-state index in [4.69, 9.17) is 9.15 Å². The van der Waals surface area contributed by atoms with Crippen molar-refractivity contribution in [3.8, 4) is 22.3 Å². The second-order valence-corrected chi connectivity index (χ2v) is 8.10. The third-order valence-electron chi connectivity index (χ3n) is 5.68. The zero-order chi connectivity index (χ0) is 25.1. The molecule has 2 N–H and O–H groups in total. The van der Waals surface area contributed by atoms with E-state index in [1.807, 2.05) is 42.5 Å². The molecule has 0 aliphatic heterocycles. The van der Waals surface area contributed by atoms with Crippen molar-refractivity contribution < 1.29 is 28.2 Å². The maximum Gasteiger partial charge on any atom is 0.412 e. The van der Waals surface area contributed by atoms with Crippen LogP contribution < -0.4 is 5.32 Å². The Balaban J connectivity index is 1.27. The Morgan fingerprint density at radius 3 is 2.22 bits per heavy atom. The number of nitrogens with one attached hydrogen (secondary N) is 1. The first-order chi connectivity index (χ1) is 17.5. The van der Waals surface area contributed by atoms with Crippen LogP contribution in [0.25, 0.3) is 33.2 Å². The Labute approximate surface area is 205 Å². The molecule has 0 atom stereocenters. The van der Waals surface area contributed by atoms with E-state index < -0.39 is 12.1 Å². The highest BCUT2D eigenvalue weighted by Gasteiger charge is 2.16. The molecular weight excluding hydrogens is 461 g/mol. The number of carboxylic acids is 1. The molecule has 1 amide bonds. The number of fused-ring (bicyclic) bond motifs is 1. The monoisotopic (exact) mass is 481 g/mol. The number of amides is 1. The van der Waals surface area contributed by atoms with Crippen LogP contribution >= 0.6 is 0 Å². The summed E-state index contributed by atoms with van der Waals surface area (Å²) in [5, 5.41) is 12.9. The molecular formula is C29H20FNO5. The number of anilines is 1. The van der Waals surface area contributed by atoms with Crippen molar-refractivity contribution in [2.24, 2.45) is 0 Å². The number of aromatic carboxylic acids is 1. The van der Waals surface area contributed by atoms with Crippen LogP contribution in [0.1, 0.15) is 16.1 Å². The lowest BCUT2D eigenvalue weighted by Gasteiger charge is -2.11. The van der Waals surface area contributed by atoms with E-state index in [1.54, 1.807) is 30.3 Å². The average Bonchev–Trinajstić information content (AvgIpc) is 3.31. The van der Waals surface area contributed by atoms with E-state index in [1.165, 1.54) is 24.3 Å². The molecule has 4 aromatic carbocycles. The van der Waals surface area contributed by atoms with Gasteiger partial charge in [0.15, 0.2) is 6.61 Å². The largest absolute Gasteiger partial charge is 0.478 e. The maximum atomic E-state index is 13.2. The molecule has 36 heavy (non-hydrogen) atoms. The average molecular weight is 481 g/mol. The number of furan rings is 1. The summed E-state index contributed by atoms with van der Waals surface area (Å²) in [6, 6.07) is 27.6. The van der Waals surface area contributed by atoms with Gasteiger partial charge in [-0.05, 0) is 64.7 Å². The molecule has 0 aliphatic rings. The molecule has 5 aromatic rings. The van der Waals surface area contributed by atoms with Gasteiger partial charge < -0.3 is 14.3 Å². The molecule has 1 aromatic heterocycles. The molecule has 0 unspecified atom stereocenters. The molecule has 0 aliphatic carbocycles. The summed E-state index contributed by atoms with van der Waals surface area (Å²) in [7, 11) is 0. The summed E-state index contributed by atoms with van der Waals surface area (Å²) < 4.78 is 24.2. The van der Waals surface area contributed by atoms with Crippen LogP contribution in [0.5, 0.6) is 0 Å². The zero-order valence-corrected chi connectivity index (χ0v) is 18.9. The first kappa shape index (κ1) is 22.9. The predicted molar refractivity (Wildman–Crippen MR) is 134 cm³/mol. The maximum absolute atomic E-state index is 13.2. The van der Waals surface area contributed by atoms with Gasteiger partial charge in [0, 0.05) is 5.39 Å². The summed E-state index contributed by atoms with van der Waals surface area (Å²) in [6.45, 7) is -0.142. The lowest BCUT2D eigenvalue weighted by atomic mass is 10.0. The second kappa shape index (κ2) is 9.76. The number of ether oxygens (including phenoxy) is 1. The fourth-order valence-corrected chi connectivity index (χ4v) is 3.91. The number of hydrogen-bond donors (Lipinski definition) is 2. The third kappa shape index (κ3) is 4.95. The number of carboxylic acid groups (broad SMARTS) is 1.